The van der Waals surface area contributed by atoms with E-state index in [-0.39, 0.29) is 23.6 Å². The van der Waals surface area contributed by atoms with E-state index in [1.54, 1.807) is 6.07 Å². The van der Waals surface area contributed by atoms with Crippen molar-refractivity contribution in [3.05, 3.63) is 23.5 Å². The fourth-order valence-corrected chi connectivity index (χ4v) is 4.85. The van der Waals surface area contributed by atoms with Gasteiger partial charge < -0.3 is 10.2 Å². The van der Waals surface area contributed by atoms with Crippen LogP contribution in [0, 0.1) is 23.1 Å². The van der Waals surface area contributed by atoms with Gasteiger partial charge in [0.05, 0.1) is 16.9 Å². The van der Waals surface area contributed by atoms with Crippen LogP contribution in [0.25, 0.3) is 0 Å². The van der Waals surface area contributed by atoms with Crippen LogP contribution in [0.4, 0.5) is 15.8 Å². The minimum atomic E-state index is -0.666. The smallest absolute Gasteiger partial charge is 0.249 e. The molecule has 4 N–H and O–H groups in total. The molecule has 3 heterocycles. The number of hydrogen-bond donors (Lipinski definition) is 3. The molecule has 3 saturated heterocycles. The first kappa shape index (κ1) is 23.4. The number of benzene rings is 1. The zero-order valence-electron chi connectivity index (χ0n) is 18.9. The van der Waals surface area contributed by atoms with Gasteiger partial charge in [0.25, 0.3) is 0 Å². The predicted octanol–water partition coefficient (Wildman–Crippen LogP) is 1.01. The highest BCUT2D eigenvalue weighted by molar-refractivity contribution is 6.01. The maximum Gasteiger partial charge on any atom is 0.249 e. The zero-order valence-corrected chi connectivity index (χ0v) is 18.9. The Morgan fingerprint density at radius 3 is 2.52 bits per heavy atom. The Kier molecular flexibility index (Phi) is 7.42. The molecule has 10 heteroatoms. The van der Waals surface area contributed by atoms with Crippen molar-refractivity contribution in [2.45, 2.75) is 38.1 Å². The quantitative estimate of drug-likeness (QED) is 0.428. The number of carbonyl (C=O) groups excluding carboxylic acids is 2. The van der Waals surface area contributed by atoms with Gasteiger partial charge in [0.1, 0.15) is 17.9 Å². The van der Waals surface area contributed by atoms with E-state index >= 15 is 4.39 Å². The van der Waals surface area contributed by atoms with Crippen LogP contribution in [0.15, 0.2) is 12.1 Å². The van der Waals surface area contributed by atoms with Crippen molar-refractivity contribution in [1.29, 1.82) is 5.26 Å². The fourth-order valence-electron chi connectivity index (χ4n) is 4.85. The number of piperazine rings is 1. The summed E-state index contributed by atoms with van der Waals surface area (Å²) in [6.07, 6.45) is 3.99. The minimum absolute atomic E-state index is 0.211. The molecular weight excluding hydrogens is 425 g/mol. The van der Waals surface area contributed by atoms with E-state index in [2.05, 4.69) is 21.6 Å². The first-order valence-corrected chi connectivity index (χ1v) is 11.7. The number of halogens is 1. The summed E-state index contributed by atoms with van der Waals surface area (Å²) in [4.78, 5) is 27.8. The van der Waals surface area contributed by atoms with Gasteiger partial charge in [0, 0.05) is 51.8 Å². The van der Waals surface area contributed by atoms with E-state index in [0.717, 1.165) is 51.5 Å². The lowest BCUT2D eigenvalue weighted by molar-refractivity contribution is -0.133. The molecule has 1 aromatic rings. The number of piperidine rings is 2. The molecule has 0 bridgehead atoms. The highest BCUT2D eigenvalue weighted by Crippen LogP contribution is 2.29. The number of amides is 2. The molecule has 3 aliphatic heterocycles. The van der Waals surface area contributed by atoms with Crippen LogP contribution >= 0.6 is 0 Å². The van der Waals surface area contributed by atoms with Crippen LogP contribution in [0.2, 0.25) is 0 Å². The second-order valence-corrected chi connectivity index (χ2v) is 9.21. The maximum absolute atomic E-state index is 15.0. The molecule has 33 heavy (non-hydrogen) atoms. The molecule has 0 spiro atoms. The molecule has 9 nitrogen and oxygen atoms in total. The molecule has 1 atom stereocenters. The van der Waals surface area contributed by atoms with Gasteiger partial charge in [0.15, 0.2) is 0 Å². The third-order valence-corrected chi connectivity index (χ3v) is 6.99. The highest BCUT2D eigenvalue weighted by atomic mass is 19.1. The van der Waals surface area contributed by atoms with E-state index in [1.165, 1.54) is 12.5 Å². The number of nitrogens with two attached hydrogens (primary N) is 1. The molecule has 0 aliphatic carbocycles. The number of hydrazine groups is 1. The van der Waals surface area contributed by atoms with Crippen molar-refractivity contribution < 1.29 is 14.0 Å². The van der Waals surface area contributed by atoms with E-state index in [9.17, 15) is 14.9 Å². The third-order valence-electron chi connectivity index (χ3n) is 6.99. The Labute approximate surface area is 193 Å². The summed E-state index contributed by atoms with van der Waals surface area (Å²) in [5.74, 6) is 5.37. The first-order valence-electron chi connectivity index (χ1n) is 11.7. The number of nitrogens with one attached hydrogen (secondary N) is 2. The Morgan fingerprint density at radius 2 is 1.85 bits per heavy atom. The second kappa shape index (κ2) is 10.5. The minimum Gasteiger partial charge on any atom is -0.372 e. The molecule has 1 aromatic carbocycles. The van der Waals surface area contributed by atoms with E-state index in [0.29, 0.717) is 25.2 Å². The fraction of sp³-hybridized carbons (Fsp3) is 0.609. The first-order chi connectivity index (χ1) is 15.9. The monoisotopic (exact) mass is 457 g/mol. The highest BCUT2D eigenvalue weighted by Gasteiger charge is 2.28. The third kappa shape index (κ3) is 5.79. The van der Waals surface area contributed by atoms with Crippen LogP contribution in [0.5, 0.6) is 0 Å². The average molecular weight is 458 g/mol. The zero-order chi connectivity index (χ0) is 23.4. The van der Waals surface area contributed by atoms with Gasteiger partial charge >= 0.3 is 0 Å². The van der Waals surface area contributed by atoms with E-state index in [4.69, 9.17) is 5.84 Å². The average Bonchev–Trinajstić information content (AvgIpc) is 2.81. The van der Waals surface area contributed by atoms with Crippen LogP contribution in [-0.4, -0.2) is 73.6 Å². The number of hydrogen-bond acceptors (Lipinski definition) is 8. The number of imide groups is 1. The summed E-state index contributed by atoms with van der Waals surface area (Å²) >= 11 is 0. The summed E-state index contributed by atoms with van der Waals surface area (Å²) in [6.45, 7) is 6.08. The van der Waals surface area contributed by atoms with Crippen LogP contribution in [0.3, 0.4) is 0 Å². The molecule has 3 aliphatic rings. The Morgan fingerprint density at radius 1 is 1.12 bits per heavy atom. The molecule has 0 saturated carbocycles. The predicted molar refractivity (Wildman–Crippen MR) is 123 cm³/mol. The van der Waals surface area contributed by atoms with Gasteiger partial charge in [-0.05, 0) is 44.2 Å². The van der Waals surface area contributed by atoms with Crippen molar-refractivity contribution >= 4 is 23.2 Å². The van der Waals surface area contributed by atoms with Crippen molar-refractivity contribution in [3.63, 3.8) is 0 Å². The van der Waals surface area contributed by atoms with E-state index in [1.807, 2.05) is 9.91 Å². The molecule has 2 amide bonds. The number of nitrogens with zero attached hydrogens (tertiary/aromatic N) is 4. The Bertz CT molecular complexity index is 918. The number of carbonyl (C=O) groups is 2. The Balaban J connectivity index is 1.33. The Hall–Kier alpha value is -2.74. The molecular formula is C23H32FN7O2. The number of nitriles is 1. The molecule has 1 unspecified atom stereocenters. The summed E-state index contributed by atoms with van der Waals surface area (Å²) in [7, 11) is 0. The van der Waals surface area contributed by atoms with Gasteiger partial charge in [0.2, 0.25) is 11.8 Å². The van der Waals surface area contributed by atoms with Crippen molar-refractivity contribution in [2.24, 2.45) is 11.8 Å². The summed E-state index contributed by atoms with van der Waals surface area (Å²) < 4.78 is 15.0. The molecule has 0 aromatic heterocycles. The summed E-state index contributed by atoms with van der Waals surface area (Å²) in [5.41, 5.74) is 0.968. The summed E-state index contributed by atoms with van der Waals surface area (Å²) in [6, 6.07) is 4.28. The molecule has 3 fully saturated rings. The van der Waals surface area contributed by atoms with Gasteiger partial charge in [-0.3, -0.25) is 25.6 Å². The van der Waals surface area contributed by atoms with Crippen LogP contribution in [0.1, 0.15) is 37.7 Å². The van der Waals surface area contributed by atoms with Gasteiger partial charge in [-0.15, -0.1) is 0 Å². The van der Waals surface area contributed by atoms with Crippen LogP contribution < -0.4 is 21.4 Å². The second-order valence-electron chi connectivity index (χ2n) is 9.21. The lowest BCUT2D eigenvalue weighted by atomic mass is 9.94. The van der Waals surface area contributed by atoms with Crippen LogP contribution in [-0.2, 0) is 9.59 Å². The lowest BCUT2D eigenvalue weighted by Gasteiger charge is -2.37. The van der Waals surface area contributed by atoms with Gasteiger partial charge in [-0.25, -0.2) is 9.40 Å². The van der Waals surface area contributed by atoms with Gasteiger partial charge in [-0.2, -0.15) is 5.26 Å². The topological polar surface area (TPSA) is 118 Å². The van der Waals surface area contributed by atoms with Crippen molar-refractivity contribution in [2.75, 3.05) is 56.0 Å². The lowest BCUT2D eigenvalue weighted by Crippen LogP contribution is -2.48. The molecule has 178 valence electrons. The molecule has 4 rings (SSSR count). The maximum atomic E-state index is 15.0. The SMILES string of the molecule is N#Cc1cc(N2CCN(CCC3CCN(N)CC3)CC2)c(F)cc1NC1CCC(=O)NC1=O. The normalized spacial score (nSPS) is 23.3. The number of anilines is 2. The van der Waals surface area contributed by atoms with Crippen molar-refractivity contribution in [1.82, 2.24) is 15.2 Å². The van der Waals surface area contributed by atoms with E-state index < -0.39 is 17.8 Å². The summed E-state index contributed by atoms with van der Waals surface area (Å²) in [5, 5.41) is 16.7. The largest absolute Gasteiger partial charge is 0.372 e. The number of rotatable bonds is 6. The molecule has 0 radical (unpaired) electrons. The van der Waals surface area contributed by atoms with Gasteiger partial charge in [-0.1, -0.05) is 0 Å². The van der Waals surface area contributed by atoms with Crippen molar-refractivity contribution in [3.8, 4) is 6.07 Å². The standard InChI is InChI=1S/C23H32FN7O2/c24-18-14-20(27-19-1-2-22(32)28-23(19)33)17(15-25)13-21(18)30-11-9-29(10-12-30)6-3-16-4-7-31(26)8-5-16/h13-14,16,19,27H,1-12,26H2,(H,28,32,33).